The van der Waals surface area contributed by atoms with E-state index < -0.39 is 5.97 Å². The zero-order valence-corrected chi connectivity index (χ0v) is 12.5. The van der Waals surface area contributed by atoms with Crippen LogP contribution in [0, 0.1) is 0 Å². The highest BCUT2D eigenvalue weighted by Crippen LogP contribution is 2.31. The summed E-state index contributed by atoms with van der Waals surface area (Å²) >= 11 is 3.53. The summed E-state index contributed by atoms with van der Waals surface area (Å²) in [5.41, 5.74) is 2.94. The fraction of sp³-hybridized carbons (Fsp3) is 0.0625. The number of carboxylic acid groups (broad SMARTS) is 1. The van der Waals surface area contributed by atoms with Gasteiger partial charge < -0.3 is 10.0 Å². The Bertz CT molecular complexity index is 638. The second kappa shape index (κ2) is 6.39. The van der Waals surface area contributed by atoms with Crippen LogP contribution >= 0.6 is 15.9 Å². The minimum absolute atomic E-state index is 0.837. The van der Waals surface area contributed by atoms with Crippen LogP contribution in [-0.4, -0.2) is 18.1 Å². The van der Waals surface area contributed by atoms with E-state index in [9.17, 15) is 4.79 Å². The molecule has 0 aliphatic carbocycles. The van der Waals surface area contributed by atoms with Gasteiger partial charge in [0, 0.05) is 23.3 Å². The van der Waals surface area contributed by atoms with Crippen LogP contribution < -0.4 is 4.90 Å². The third-order valence-electron chi connectivity index (χ3n) is 2.89. The Morgan fingerprint density at radius 2 is 1.90 bits per heavy atom. The Kier molecular flexibility index (Phi) is 4.58. The second-order valence-corrected chi connectivity index (χ2v) is 5.13. The third kappa shape index (κ3) is 3.48. The van der Waals surface area contributed by atoms with Crippen molar-refractivity contribution >= 4 is 39.4 Å². The van der Waals surface area contributed by atoms with Crippen molar-refractivity contribution in [2.75, 3.05) is 11.9 Å². The smallest absolute Gasteiger partial charge is 0.328 e. The number of carbonyl (C=O) groups is 1. The van der Waals surface area contributed by atoms with Gasteiger partial charge in [-0.3, -0.25) is 0 Å². The first kappa shape index (κ1) is 14.3. The van der Waals surface area contributed by atoms with Crippen molar-refractivity contribution in [1.29, 1.82) is 0 Å². The average molecular weight is 332 g/mol. The molecular weight excluding hydrogens is 318 g/mol. The molecule has 0 aliphatic rings. The van der Waals surface area contributed by atoms with Crippen LogP contribution in [0.3, 0.4) is 0 Å². The van der Waals surface area contributed by atoms with Gasteiger partial charge in [-0.05, 0) is 51.8 Å². The van der Waals surface area contributed by atoms with Gasteiger partial charge in [0.1, 0.15) is 0 Å². The Hall–Kier alpha value is -2.07. The van der Waals surface area contributed by atoms with E-state index in [1.165, 1.54) is 0 Å². The minimum Gasteiger partial charge on any atom is -0.478 e. The molecule has 1 N–H and O–H groups in total. The summed E-state index contributed by atoms with van der Waals surface area (Å²) in [6, 6.07) is 15.8. The van der Waals surface area contributed by atoms with Crippen LogP contribution in [0.2, 0.25) is 0 Å². The molecule has 3 nitrogen and oxygen atoms in total. The Morgan fingerprint density at radius 1 is 1.20 bits per heavy atom. The van der Waals surface area contributed by atoms with E-state index in [0.29, 0.717) is 0 Å². The van der Waals surface area contributed by atoms with Gasteiger partial charge in [-0.25, -0.2) is 4.79 Å². The molecule has 20 heavy (non-hydrogen) atoms. The molecule has 2 rings (SSSR count). The fourth-order valence-electron chi connectivity index (χ4n) is 1.86. The molecule has 0 saturated carbocycles. The number of para-hydroxylation sites is 1. The molecule has 2 aromatic rings. The summed E-state index contributed by atoms with van der Waals surface area (Å²) in [6.07, 6.45) is 2.70. The maximum Gasteiger partial charge on any atom is 0.328 e. The van der Waals surface area contributed by atoms with E-state index in [1.54, 1.807) is 6.08 Å². The van der Waals surface area contributed by atoms with E-state index in [0.717, 1.165) is 27.5 Å². The monoisotopic (exact) mass is 331 g/mol. The second-order valence-electron chi connectivity index (χ2n) is 4.28. The molecule has 0 spiro atoms. The molecule has 0 heterocycles. The number of aliphatic carboxylic acids is 1. The predicted molar refractivity (Wildman–Crippen MR) is 85.3 cm³/mol. The highest BCUT2D eigenvalue weighted by atomic mass is 79.9. The van der Waals surface area contributed by atoms with Gasteiger partial charge in [0.05, 0.1) is 5.69 Å². The lowest BCUT2D eigenvalue weighted by molar-refractivity contribution is -0.131. The van der Waals surface area contributed by atoms with E-state index in [1.807, 2.05) is 55.6 Å². The van der Waals surface area contributed by atoms with E-state index >= 15 is 0 Å². The molecule has 0 aromatic heterocycles. The molecule has 0 aliphatic heterocycles. The lowest BCUT2D eigenvalue weighted by atomic mass is 10.1. The van der Waals surface area contributed by atoms with Crippen molar-refractivity contribution in [3.05, 3.63) is 64.6 Å². The number of hydrogen-bond donors (Lipinski definition) is 1. The lowest BCUT2D eigenvalue weighted by Gasteiger charge is -2.21. The Balaban J connectivity index is 2.28. The number of benzene rings is 2. The van der Waals surface area contributed by atoms with Crippen LogP contribution in [0.4, 0.5) is 11.4 Å². The first-order valence-electron chi connectivity index (χ1n) is 6.07. The van der Waals surface area contributed by atoms with Crippen molar-refractivity contribution in [2.45, 2.75) is 0 Å². The molecule has 0 saturated heterocycles. The zero-order chi connectivity index (χ0) is 14.5. The van der Waals surface area contributed by atoms with Gasteiger partial charge in [-0.15, -0.1) is 0 Å². The SMILES string of the molecule is CN(c1ccccc1)c1ccc(/C=C/C(=O)O)cc1Br. The first-order chi connectivity index (χ1) is 9.58. The van der Waals surface area contributed by atoms with Crippen LogP contribution in [-0.2, 0) is 4.79 Å². The largest absolute Gasteiger partial charge is 0.478 e. The Labute approximate surface area is 126 Å². The van der Waals surface area contributed by atoms with Gasteiger partial charge in [-0.1, -0.05) is 24.3 Å². The quantitative estimate of drug-likeness (QED) is 0.848. The van der Waals surface area contributed by atoms with Crippen LogP contribution in [0.15, 0.2) is 59.1 Å². The molecule has 0 unspecified atom stereocenters. The lowest BCUT2D eigenvalue weighted by Crippen LogP contribution is -2.09. The van der Waals surface area contributed by atoms with E-state index in [4.69, 9.17) is 5.11 Å². The minimum atomic E-state index is -0.952. The standard InChI is InChI=1S/C16H14BrNO2/c1-18(13-5-3-2-4-6-13)15-9-7-12(11-14(15)17)8-10-16(19)20/h2-11H,1H3,(H,19,20)/b10-8+. The highest BCUT2D eigenvalue weighted by Gasteiger charge is 2.07. The normalized spacial score (nSPS) is 10.7. The number of rotatable bonds is 4. The number of halogens is 1. The number of carboxylic acids is 1. The van der Waals surface area contributed by atoms with Crippen molar-refractivity contribution in [3.63, 3.8) is 0 Å². The maximum atomic E-state index is 10.5. The molecule has 0 atom stereocenters. The molecule has 0 bridgehead atoms. The highest BCUT2D eigenvalue weighted by molar-refractivity contribution is 9.10. The fourth-order valence-corrected chi connectivity index (χ4v) is 2.52. The zero-order valence-electron chi connectivity index (χ0n) is 11.0. The van der Waals surface area contributed by atoms with Crippen LogP contribution in [0.25, 0.3) is 6.08 Å². The molecular formula is C16H14BrNO2. The van der Waals surface area contributed by atoms with Crippen LogP contribution in [0.1, 0.15) is 5.56 Å². The molecule has 0 radical (unpaired) electrons. The molecule has 4 heteroatoms. The number of hydrogen-bond acceptors (Lipinski definition) is 2. The maximum absolute atomic E-state index is 10.5. The van der Waals surface area contributed by atoms with Gasteiger partial charge in [0.2, 0.25) is 0 Å². The molecule has 0 fully saturated rings. The molecule has 2 aromatic carbocycles. The van der Waals surface area contributed by atoms with E-state index in [2.05, 4.69) is 20.8 Å². The van der Waals surface area contributed by atoms with Gasteiger partial charge >= 0.3 is 5.97 Å². The number of nitrogens with zero attached hydrogens (tertiary/aromatic N) is 1. The van der Waals surface area contributed by atoms with Gasteiger partial charge in [-0.2, -0.15) is 0 Å². The van der Waals surface area contributed by atoms with Crippen molar-refractivity contribution in [3.8, 4) is 0 Å². The molecule has 0 amide bonds. The predicted octanol–water partition coefficient (Wildman–Crippen LogP) is 4.31. The molecule has 102 valence electrons. The summed E-state index contributed by atoms with van der Waals surface area (Å²) in [4.78, 5) is 12.6. The van der Waals surface area contributed by atoms with Crippen molar-refractivity contribution in [1.82, 2.24) is 0 Å². The third-order valence-corrected chi connectivity index (χ3v) is 3.53. The van der Waals surface area contributed by atoms with Crippen LogP contribution in [0.5, 0.6) is 0 Å². The van der Waals surface area contributed by atoms with E-state index in [-0.39, 0.29) is 0 Å². The summed E-state index contributed by atoms with van der Waals surface area (Å²) in [6.45, 7) is 0. The van der Waals surface area contributed by atoms with Gasteiger partial charge in [0.15, 0.2) is 0 Å². The summed E-state index contributed by atoms with van der Waals surface area (Å²) < 4.78 is 0.913. The summed E-state index contributed by atoms with van der Waals surface area (Å²) in [7, 11) is 1.99. The summed E-state index contributed by atoms with van der Waals surface area (Å²) in [5.74, 6) is -0.952. The number of anilines is 2. The summed E-state index contributed by atoms with van der Waals surface area (Å²) in [5, 5.41) is 8.63. The van der Waals surface area contributed by atoms with Crippen molar-refractivity contribution in [2.24, 2.45) is 0 Å². The Morgan fingerprint density at radius 3 is 2.50 bits per heavy atom. The van der Waals surface area contributed by atoms with Crippen molar-refractivity contribution < 1.29 is 9.90 Å². The average Bonchev–Trinajstić information content (AvgIpc) is 2.45. The van der Waals surface area contributed by atoms with Gasteiger partial charge in [0.25, 0.3) is 0 Å². The topological polar surface area (TPSA) is 40.5 Å². The first-order valence-corrected chi connectivity index (χ1v) is 6.86.